The van der Waals surface area contributed by atoms with Gasteiger partial charge in [0.1, 0.15) is 5.75 Å². The average Bonchev–Trinajstić information content (AvgIpc) is 2.08. The third-order valence-electron chi connectivity index (χ3n) is 2.51. The smallest absolute Gasteiger partial charge is 0.134 e. The zero-order valence-corrected chi connectivity index (χ0v) is 11.2. The molecule has 3 heteroatoms. The SMILES string of the molecule is Cc1cc(Br)c(O)c(C(N)C(C)(C)C)c1. The normalized spacial score (nSPS) is 14.0. The van der Waals surface area contributed by atoms with E-state index >= 15 is 0 Å². The lowest BCUT2D eigenvalue weighted by Crippen LogP contribution is -2.26. The lowest BCUT2D eigenvalue weighted by atomic mass is 9.82. The Morgan fingerprint density at radius 3 is 2.33 bits per heavy atom. The van der Waals surface area contributed by atoms with Gasteiger partial charge in [0, 0.05) is 11.6 Å². The van der Waals surface area contributed by atoms with Gasteiger partial charge in [-0.2, -0.15) is 0 Å². The highest BCUT2D eigenvalue weighted by Crippen LogP contribution is 2.39. The molecule has 3 N–H and O–H groups in total. The van der Waals surface area contributed by atoms with E-state index in [1.54, 1.807) is 0 Å². The van der Waals surface area contributed by atoms with E-state index in [4.69, 9.17) is 5.73 Å². The van der Waals surface area contributed by atoms with Gasteiger partial charge in [0.25, 0.3) is 0 Å². The molecular weight excluding hydrogens is 254 g/mol. The van der Waals surface area contributed by atoms with Crippen molar-refractivity contribution in [3.05, 3.63) is 27.7 Å². The first kappa shape index (κ1) is 12.5. The van der Waals surface area contributed by atoms with E-state index < -0.39 is 0 Å². The number of nitrogens with two attached hydrogens (primary N) is 1. The van der Waals surface area contributed by atoms with Crippen LogP contribution < -0.4 is 5.73 Å². The minimum absolute atomic E-state index is 0.0648. The van der Waals surface area contributed by atoms with Gasteiger partial charge in [-0.3, -0.25) is 0 Å². The molecule has 0 saturated carbocycles. The molecular formula is C12H18BrNO. The molecule has 1 unspecified atom stereocenters. The van der Waals surface area contributed by atoms with Crippen molar-refractivity contribution in [1.29, 1.82) is 0 Å². The van der Waals surface area contributed by atoms with Gasteiger partial charge < -0.3 is 10.8 Å². The predicted octanol–water partition coefficient (Wildman–Crippen LogP) is 3.51. The summed E-state index contributed by atoms with van der Waals surface area (Å²) in [5.41, 5.74) is 7.96. The zero-order chi connectivity index (χ0) is 11.8. The average molecular weight is 272 g/mol. The van der Waals surface area contributed by atoms with Crippen LogP contribution in [0.3, 0.4) is 0 Å². The van der Waals surface area contributed by atoms with Crippen molar-refractivity contribution < 1.29 is 5.11 Å². The topological polar surface area (TPSA) is 46.2 Å². The molecule has 0 bridgehead atoms. The summed E-state index contributed by atoms with van der Waals surface area (Å²) in [5.74, 6) is 0.253. The highest BCUT2D eigenvalue weighted by atomic mass is 79.9. The van der Waals surface area contributed by atoms with Gasteiger partial charge in [-0.25, -0.2) is 0 Å². The molecule has 0 aromatic heterocycles. The summed E-state index contributed by atoms with van der Waals surface area (Å²) in [5, 5.41) is 9.93. The van der Waals surface area contributed by atoms with Crippen LogP contribution in [0.4, 0.5) is 0 Å². The van der Waals surface area contributed by atoms with E-state index in [2.05, 4.69) is 36.7 Å². The molecule has 0 heterocycles. The van der Waals surface area contributed by atoms with E-state index in [0.717, 1.165) is 11.1 Å². The Hall–Kier alpha value is -0.540. The number of benzene rings is 1. The fraction of sp³-hybridized carbons (Fsp3) is 0.500. The first-order valence-electron chi connectivity index (χ1n) is 4.98. The molecule has 2 nitrogen and oxygen atoms in total. The van der Waals surface area contributed by atoms with Crippen LogP contribution in [0.1, 0.15) is 37.9 Å². The van der Waals surface area contributed by atoms with E-state index in [1.165, 1.54) is 0 Å². The Morgan fingerprint density at radius 1 is 1.33 bits per heavy atom. The van der Waals surface area contributed by atoms with Gasteiger partial charge in [0.05, 0.1) is 4.47 Å². The number of halogens is 1. The molecule has 1 atom stereocenters. The van der Waals surface area contributed by atoms with E-state index in [0.29, 0.717) is 4.47 Å². The number of phenolic OH excluding ortho intramolecular Hbond substituents is 1. The molecule has 1 aromatic rings. The molecule has 0 aliphatic carbocycles. The van der Waals surface area contributed by atoms with Crippen LogP contribution in [0.5, 0.6) is 5.75 Å². The largest absolute Gasteiger partial charge is 0.506 e. The summed E-state index contributed by atoms with van der Waals surface area (Å²) >= 11 is 3.33. The van der Waals surface area contributed by atoms with Gasteiger partial charge in [-0.1, -0.05) is 26.8 Å². The lowest BCUT2D eigenvalue weighted by molar-refractivity contribution is 0.317. The zero-order valence-electron chi connectivity index (χ0n) is 9.63. The van der Waals surface area contributed by atoms with Gasteiger partial charge >= 0.3 is 0 Å². The van der Waals surface area contributed by atoms with Crippen molar-refractivity contribution in [3.63, 3.8) is 0 Å². The fourth-order valence-corrected chi connectivity index (χ4v) is 2.06. The second-order valence-electron chi connectivity index (χ2n) is 5.03. The maximum absolute atomic E-state index is 9.93. The molecule has 1 aromatic carbocycles. The van der Waals surface area contributed by atoms with Gasteiger partial charge in [-0.05, 0) is 39.9 Å². The maximum Gasteiger partial charge on any atom is 0.134 e. The third kappa shape index (κ3) is 2.73. The molecule has 0 aliphatic rings. The van der Waals surface area contributed by atoms with E-state index in [9.17, 15) is 5.11 Å². The van der Waals surface area contributed by atoms with E-state index in [1.807, 2.05) is 19.1 Å². The number of hydrogen-bond donors (Lipinski definition) is 2. The molecule has 1 rings (SSSR count). The Morgan fingerprint density at radius 2 is 1.87 bits per heavy atom. The van der Waals surface area contributed by atoms with Gasteiger partial charge in [0.2, 0.25) is 0 Å². The second kappa shape index (κ2) is 4.14. The fourth-order valence-electron chi connectivity index (χ4n) is 1.47. The lowest BCUT2D eigenvalue weighted by Gasteiger charge is -2.28. The van der Waals surface area contributed by atoms with Crippen LogP contribution in [0.25, 0.3) is 0 Å². The molecule has 0 fully saturated rings. The summed E-state index contributed by atoms with van der Waals surface area (Å²) in [6, 6.07) is 3.65. The van der Waals surface area contributed by atoms with E-state index in [-0.39, 0.29) is 17.2 Å². The molecule has 0 saturated heterocycles. The summed E-state index contributed by atoms with van der Waals surface area (Å²) in [6.45, 7) is 8.18. The minimum Gasteiger partial charge on any atom is -0.506 e. The Labute approximate surface area is 99.6 Å². The summed E-state index contributed by atoms with van der Waals surface area (Å²) in [6.07, 6.45) is 0. The van der Waals surface area contributed by atoms with Crippen molar-refractivity contribution in [3.8, 4) is 5.75 Å². The van der Waals surface area contributed by atoms with Crippen molar-refractivity contribution in [1.82, 2.24) is 0 Å². The van der Waals surface area contributed by atoms with Crippen LogP contribution in [0.15, 0.2) is 16.6 Å². The van der Waals surface area contributed by atoms with Crippen LogP contribution in [0.2, 0.25) is 0 Å². The standard InChI is InChI=1S/C12H18BrNO/c1-7-5-8(10(15)9(13)6-7)11(14)12(2,3)4/h5-6,11,15H,14H2,1-4H3. The Bertz CT molecular complexity index is 369. The molecule has 0 radical (unpaired) electrons. The van der Waals surface area contributed by atoms with Crippen LogP contribution in [-0.2, 0) is 0 Å². The molecule has 0 amide bonds. The van der Waals surface area contributed by atoms with Crippen molar-refractivity contribution in [2.45, 2.75) is 33.7 Å². The molecule has 15 heavy (non-hydrogen) atoms. The number of hydrogen-bond acceptors (Lipinski definition) is 2. The van der Waals surface area contributed by atoms with Crippen LogP contribution in [-0.4, -0.2) is 5.11 Å². The quantitative estimate of drug-likeness (QED) is 0.821. The predicted molar refractivity (Wildman–Crippen MR) is 66.9 cm³/mol. The molecule has 84 valence electrons. The van der Waals surface area contributed by atoms with Gasteiger partial charge in [0.15, 0.2) is 0 Å². The van der Waals surface area contributed by atoms with Gasteiger partial charge in [-0.15, -0.1) is 0 Å². The minimum atomic E-state index is -0.173. The maximum atomic E-state index is 9.93. The van der Waals surface area contributed by atoms with Crippen LogP contribution in [0, 0.1) is 12.3 Å². The second-order valence-corrected chi connectivity index (χ2v) is 5.88. The summed E-state index contributed by atoms with van der Waals surface area (Å²) in [4.78, 5) is 0. The Kier molecular flexibility index (Phi) is 3.46. The highest BCUT2D eigenvalue weighted by molar-refractivity contribution is 9.10. The summed E-state index contributed by atoms with van der Waals surface area (Å²) in [7, 11) is 0. The third-order valence-corrected chi connectivity index (χ3v) is 3.11. The number of aromatic hydroxyl groups is 1. The summed E-state index contributed by atoms with van der Waals surface area (Å²) < 4.78 is 0.706. The molecule has 0 spiro atoms. The van der Waals surface area contributed by atoms with Crippen LogP contribution >= 0.6 is 15.9 Å². The number of rotatable bonds is 1. The number of phenols is 1. The first-order valence-corrected chi connectivity index (χ1v) is 5.77. The number of aryl methyl sites for hydroxylation is 1. The highest BCUT2D eigenvalue weighted by Gasteiger charge is 2.25. The first-order chi connectivity index (χ1) is 6.73. The monoisotopic (exact) mass is 271 g/mol. The van der Waals surface area contributed by atoms with Crippen molar-refractivity contribution >= 4 is 15.9 Å². The van der Waals surface area contributed by atoms with Crippen molar-refractivity contribution in [2.75, 3.05) is 0 Å². The molecule has 0 aliphatic heterocycles. The Balaban J connectivity index is 3.25. The van der Waals surface area contributed by atoms with Crippen molar-refractivity contribution in [2.24, 2.45) is 11.1 Å².